The number of fused-ring (bicyclic) bond motifs is 2. The van der Waals surface area contributed by atoms with Crippen molar-refractivity contribution in [1.82, 2.24) is 19.5 Å². The number of amides is 1. The van der Waals surface area contributed by atoms with Crippen LogP contribution >= 0.6 is 0 Å². The minimum Gasteiger partial charge on any atom is -0.487 e. The van der Waals surface area contributed by atoms with E-state index in [-0.39, 0.29) is 17.6 Å². The smallest absolute Gasteiger partial charge is 0.261 e. The Kier molecular flexibility index (Phi) is 5.06. The lowest BCUT2D eigenvalue weighted by Gasteiger charge is -2.47. The van der Waals surface area contributed by atoms with Crippen molar-refractivity contribution < 1.29 is 19.4 Å². The maximum absolute atomic E-state index is 13.1. The van der Waals surface area contributed by atoms with Gasteiger partial charge in [-0.2, -0.15) is 5.10 Å². The van der Waals surface area contributed by atoms with Crippen LogP contribution in [-0.4, -0.2) is 61.0 Å². The van der Waals surface area contributed by atoms with Crippen molar-refractivity contribution in [3.8, 4) is 11.5 Å². The van der Waals surface area contributed by atoms with Gasteiger partial charge in [-0.3, -0.25) is 9.69 Å². The number of rotatable bonds is 6. The fourth-order valence-electron chi connectivity index (χ4n) is 4.31. The highest BCUT2D eigenvalue weighted by molar-refractivity contribution is 6.08. The Hall–Kier alpha value is -3.17. The van der Waals surface area contributed by atoms with Gasteiger partial charge in [0.05, 0.1) is 11.9 Å². The molecule has 2 aliphatic heterocycles. The van der Waals surface area contributed by atoms with Gasteiger partial charge < -0.3 is 19.9 Å². The minimum absolute atomic E-state index is 0.0928. The van der Waals surface area contributed by atoms with E-state index in [0.29, 0.717) is 42.2 Å². The van der Waals surface area contributed by atoms with Crippen LogP contribution in [0.3, 0.4) is 0 Å². The molecule has 1 saturated heterocycles. The molecule has 33 heavy (non-hydrogen) atoms. The van der Waals surface area contributed by atoms with E-state index in [0.717, 1.165) is 17.7 Å². The second-order valence-electron chi connectivity index (χ2n) is 9.61. The van der Waals surface area contributed by atoms with Crippen LogP contribution in [0.2, 0.25) is 0 Å². The van der Waals surface area contributed by atoms with E-state index in [4.69, 9.17) is 9.47 Å². The number of hydrogen-bond acceptors (Lipinski definition) is 7. The molecule has 174 valence electrons. The molecule has 9 nitrogen and oxygen atoms in total. The summed E-state index contributed by atoms with van der Waals surface area (Å²) in [5, 5.41) is 17.7. The van der Waals surface area contributed by atoms with Gasteiger partial charge in [0.1, 0.15) is 34.5 Å². The van der Waals surface area contributed by atoms with E-state index < -0.39 is 5.72 Å². The molecule has 5 rings (SSSR count). The number of nitrogens with one attached hydrogen (secondary N) is 1. The highest BCUT2D eigenvalue weighted by atomic mass is 16.5. The van der Waals surface area contributed by atoms with Gasteiger partial charge in [0.15, 0.2) is 5.65 Å². The van der Waals surface area contributed by atoms with Crippen molar-refractivity contribution >= 4 is 17.2 Å². The number of carbonyl (C=O) groups excluding carboxylic acids is 1. The lowest BCUT2D eigenvalue weighted by molar-refractivity contribution is -0.159. The molecule has 2 aromatic heterocycles. The van der Waals surface area contributed by atoms with Crippen LogP contribution in [0.25, 0.3) is 5.65 Å². The normalized spacial score (nSPS) is 19.4. The summed E-state index contributed by atoms with van der Waals surface area (Å²) in [4.78, 5) is 19.4. The molecule has 1 aromatic carbocycles. The molecule has 0 aliphatic carbocycles. The first-order valence-corrected chi connectivity index (χ1v) is 11.2. The molecule has 1 fully saturated rings. The molecule has 1 atom stereocenters. The molecule has 9 heteroatoms. The number of nitrogens with zero attached hydrogens (tertiary/aromatic N) is 4. The largest absolute Gasteiger partial charge is 0.487 e. The predicted octanol–water partition coefficient (Wildman–Crippen LogP) is 2.88. The third-order valence-electron chi connectivity index (χ3n) is 6.43. The topological polar surface area (TPSA) is 101 Å². The third kappa shape index (κ3) is 4.02. The van der Waals surface area contributed by atoms with Crippen molar-refractivity contribution in [2.24, 2.45) is 0 Å². The Morgan fingerprint density at radius 2 is 2.18 bits per heavy atom. The van der Waals surface area contributed by atoms with Crippen molar-refractivity contribution in [2.45, 2.75) is 58.0 Å². The molecule has 0 radical (unpaired) electrons. The lowest BCUT2D eigenvalue weighted by Crippen LogP contribution is -2.62. The molecule has 0 spiro atoms. The molecule has 4 heterocycles. The van der Waals surface area contributed by atoms with Crippen LogP contribution in [0, 0.1) is 0 Å². The molecular formula is C24H29N5O4. The fourth-order valence-corrected chi connectivity index (χ4v) is 4.31. The SMILES string of the molecule is CCC(C)(O)N1CC(Oc2cc3c(cc2NC(=O)c2cnn4cccnc24)CC(C)(C)O3)C1. The molecule has 2 N–H and O–H groups in total. The first-order valence-electron chi connectivity index (χ1n) is 11.2. The summed E-state index contributed by atoms with van der Waals surface area (Å²) in [5.74, 6) is 1.00. The number of carbonyl (C=O) groups is 1. The molecule has 0 saturated carbocycles. The summed E-state index contributed by atoms with van der Waals surface area (Å²) in [6, 6.07) is 5.54. The second kappa shape index (κ2) is 7.71. The number of anilines is 1. The Bertz CT molecular complexity index is 1210. The Morgan fingerprint density at radius 3 is 2.94 bits per heavy atom. The van der Waals surface area contributed by atoms with E-state index in [1.807, 2.05) is 44.7 Å². The molecule has 0 bridgehead atoms. The average molecular weight is 452 g/mol. The standard InChI is InChI=1S/C24H29N5O4/c1-5-24(4,31)28-13-16(14-28)32-20-10-19-15(11-23(2,3)33-19)9-18(20)27-22(30)17-12-26-29-8-6-7-25-21(17)29/h6-10,12,16,31H,5,11,13-14H2,1-4H3,(H,27,30). The first-order chi connectivity index (χ1) is 15.6. The Balaban J connectivity index is 1.41. The number of hydrogen-bond donors (Lipinski definition) is 2. The average Bonchev–Trinajstić information content (AvgIpc) is 3.29. The van der Waals surface area contributed by atoms with E-state index >= 15 is 0 Å². The molecule has 1 unspecified atom stereocenters. The van der Waals surface area contributed by atoms with Gasteiger partial charge in [0.2, 0.25) is 0 Å². The number of benzene rings is 1. The van der Waals surface area contributed by atoms with E-state index in [2.05, 4.69) is 15.4 Å². The summed E-state index contributed by atoms with van der Waals surface area (Å²) in [6.45, 7) is 9.05. The summed E-state index contributed by atoms with van der Waals surface area (Å²) in [7, 11) is 0. The highest BCUT2D eigenvalue weighted by Gasteiger charge is 2.40. The monoisotopic (exact) mass is 451 g/mol. The van der Waals surface area contributed by atoms with Crippen molar-refractivity contribution in [2.75, 3.05) is 18.4 Å². The van der Waals surface area contributed by atoms with Gasteiger partial charge in [-0.15, -0.1) is 0 Å². The van der Waals surface area contributed by atoms with Crippen molar-refractivity contribution in [1.29, 1.82) is 0 Å². The Labute approximate surface area is 192 Å². The Morgan fingerprint density at radius 1 is 1.39 bits per heavy atom. The predicted molar refractivity (Wildman–Crippen MR) is 123 cm³/mol. The van der Waals surface area contributed by atoms with E-state index in [1.54, 1.807) is 23.0 Å². The van der Waals surface area contributed by atoms with Gasteiger partial charge >= 0.3 is 0 Å². The van der Waals surface area contributed by atoms with Crippen LogP contribution in [0.1, 0.15) is 50.0 Å². The molecule has 2 aliphatic rings. The van der Waals surface area contributed by atoms with Crippen LogP contribution < -0.4 is 14.8 Å². The zero-order chi connectivity index (χ0) is 23.4. The van der Waals surface area contributed by atoms with Gasteiger partial charge in [0.25, 0.3) is 5.91 Å². The van der Waals surface area contributed by atoms with Crippen molar-refractivity contribution in [3.63, 3.8) is 0 Å². The first kappa shape index (κ1) is 21.7. The quantitative estimate of drug-likeness (QED) is 0.594. The zero-order valence-electron chi connectivity index (χ0n) is 19.3. The van der Waals surface area contributed by atoms with Gasteiger partial charge in [-0.25, -0.2) is 9.50 Å². The number of ether oxygens (including phenoxy) is 2. The van der Waals surface area contributed by atoms with Crippen LogP contribution in [0.5, 0.6) is 11.5 Å². The molecular weight excluding hydrogens is 422 g/mol. The maximum Gasteiger partial charge on any atom is 0.261 e. The van der Waals surface area contributed by atoms with E-state index in [1.165, 1.54) is 6.20 Å². The van der Waals surface area contributed by atoms with Gasteiger partial charge in [0, 0.05) is 43.5 Å². The molecule has 3 aromatic rings. The second-order valence-corrected chi connectivity index (χ2v) is 9.61. The number of aromatic nitrogens is 3. The highest BCUT2D eigenvalue weighted by Crippen LogP contribution is 2.42. The van der Waals surface area contributed by atoms with Crippen LogP contribution in [-0.2, 0) is 6.42 Å². The summed E-state index contributed by atoms with van der Waals surface area (Å²) in [5.41, 5.74) is 1.30. The van der Waals surface area contributed by atoms with Gasteiger partial charge in [-0.05, 0) is 39.3 Å². The van der Waals surface area contributed by atoms with E-state index in [9.17, 15) is 9.90 Å². The van der Waals surface area contributed by atoms with Crippen molar-refractivity contribution in [3.05, 3.63) is 47.9 Å². The lowest BCUT2D eigenvalue weighted by atomic mass is 10.0. The minimum atomic E-state index is -0.849. The zero-order valence-corrected chi connectivity index (χ0v) is 19.3. The number of aliphatic hydroxyl groups is 1. The van der Waals surface area contributed by atoms with Gasteiger partial charge in [-0.1, -0.05) is 6.92 Å². The third-order valence-corrected chi connectivity index (χ3v) is 6.43. The fraction of sp³-hybridized carbons (Fsp3) is 0.458. The maximum atomic E-state index is 13.1. The molecule has 1 amide bonds. The number of likely N-dealkylation sites (tertiary alicyclic amines) is 1. The summed E-state index contributed by atoms with van der Waals surface area (Å²) in [6.07, 6.45) is 6.16. The summed E-state index contributed by atoms with van der Waals surface area (Å²) < 4.78 is 13.9. The summed E-state index contributed by atoms with van der Waals surface area (Å²) >= 11 is 0. The van der Waals surface area contributed by atoms with Crippen LogP contribution in [0.4, 0.5) is 5.69 Å². The van der Waals surface area contributed by atoms with Crippen LogP contribution in [0.15, 0.2) is 36.8 Å².